The van der Waals surface area contributed by atoms with Gasteiger partial charge < -0.3 is 0 Å². The standard InChI is InChI=1S/C6H13O5P/c1-2-7-12(8-3-4-9-12)10-5-6-11-12/h2-6H2,1H3. The minimum absolute atomic E-state index is 0.470. The van der Waals surface area contributed by atoms with Gasteiger partial charge in [-0.15, -0.1) is 0 Å². The van der Waals surface area contributed by atoms with Gasteiger partial charge in [0.15, 0.2) is 0 Å². The van der Waals surface area contributed by atoms with Crippen LogP contribution < -0.4 is 0 Å². The Balaban J connectivity index is 2.18. The van der Waals surface area contributed by atoms with Gasteiger partial charge in [0, 0.05) is 0 Å². The van der Waals surface area contributed by atoms with E-state index in [0.29, 0.717) is 33.0 Å². The van der Waals surface area contributed by atoms with Crippen LogP contribution in [0, 0.1) is 0 Å². The van der Waals surface area contributed by atoms with Crippen LogP contribution in [-0.4, -0.2) is 33.0 Å². The van der Waals surface area contributed by atoms with E-state index in [1.165, 1.54) is 0 Å². The van der Waals surface area contributed by atoms with Crippen LogP contribution in [-0.2, 0) is 22.6 Å². The second kappa shape index (κ2) is 2.87. The average Bonchev–Trinajstić information content (AvgIpc) is 2.64. The Bertz CT molecular complexity index is 149. The fourth-order valence-electron chi connectivity index (χ4n) is 1.33. The third kappa shape index (κ3) is 1.18. The molecule has 0 saturated carbocycles. The van der Waals surface area contributed by atoms with Crippen LogP contribution in [0.5, 0.6) is 0 Å². The predicted octanol–water partition coefficient (Wildman–Crippen LogP) is 1.24. The second-order valence-electron chi connectivity index (χ2n) is 2.50. The minimum atomic E-state index is -3.49. The fraction of sp³-hybridized carbons (Fsp3) is 1.00. The van der Waals surface area contributed by atoms with E-state index in [1.807, 2.05) is 6.92 Å². The van der Waals surface area contributed by atoms with Gasteiger partial charge in [-0.2, -0.15) is 0 Å². The molecular weight excluding hydrogens is 183 g/mol. The normalized spacial score (nSPS) is 34.9. The molecule has 72 valence electrons. The summed E-state index contributed by atoms with van der Waals surface area (Å²) in [6.07, 6.45) is 0. The Morgan fingerprint density at radius 2 is 1.42 bits per heavy atom. The molecule has 6 heteroatoms. The van der Waals surface area contributed by atoms with E-state index >= 15 is 0 Å². The molecule has 0 aromatic heterocycles. The average molecular weight is 196 g/mol. The molecule has 0 bridgehead atoms. The van der Waals surface area contributed by atoms with Crippen molar-refractivity contribution in [1.29, 1.82) is 0 Å². The summed E-state index contributed by atoms with van der Waals surface area (Å²) in [5, 5.41) is 0. The molecule has 0 aromatic carbocycles. The third-order valence-corrected chi connectivity index (χ3v) is 4.81. The first-order valence-corrected chi connectivity index (χ1v) is 5.89. The van der Waals surface area contributed by atoms with Gasteiger partial charge in [0.2, 0.25) is 0 Å². The van der Waals surface area contributed by atoms with Crippen molar-refractivity contribution in [2.45, 2.75) is 6.92 Å². The summed E-state index contributed by atoms with van der Waals surface area (Å²) >= 11 is 0. The van der Waals surface area contributed by atoms with E-state index in [1.54, 1.807) is 0 Å². The van der Waals surface area contributed by atoms with Gasteiger partial charge in [-0.3, -0.25) is 0 Å². The summed E-state index contributed by atoms with van der Waals surface area (Å²) in [5.74, 6) is 0. The zero-order valence-electron chi connectivity index (χ0n) is 7.02. The van der Waals surface area contributed by atoms with Crippen molar-refractivity contribution in [1.82, 2.24) is 0 Å². The number of hydrogen-bond donors (Lipinski definition) is 0. The van der Waals surface area contributed by atoms with Crippen LogP contribution in [0.15, 0.2) is 0 Å². The van der Waals surface area contributed by atoms with E-state index in [0.717, 1.165) is 0 Å². The van der Waals surface area contributed by atoms with Crippen LogP contribution >= 0.6 is 7.74 Å². The molecule has 2 aliphatic heterocycles. The molecule has 0 atom stereocenters. The van der Waals surface area contributed by atoms with Crippen molar-refractivity contribution >= 4 is 7.74 Å². The first kappa shape index (κ1) is 8.81. The van der Waals surface area contributed by atoms with Crippen LogP contribution in [0.1, 0.15) is 6.92 Å². The second-order valence-corrected chi connectivity index (χ2v) is 5.28. The van der Waals surface area contributed by atoms with Crippen molar-refractivity contribution in [3.05, 3.63) is 0 Å². The van der Waals surface area contributed by atoms with E-state index in [2.05, 4.69) is 0 Å². The zero-order chi connectivity index (χ0) is 8.52. The summed E-state index contributed by atoms with van der Waals surface area (Å²) in [6.45, 7) is 4.26. The number of hydrogen-bond acceptors (Lipinski definition) is 5. The summed E-state index contributed by atoms with van der Waals surface area (Å²) < 4.78 is 26.9. The Morgan fingerprint density at radius 1 is 1.00 bits per heavy atom. The van der Waals surface area contributed by atoms with Gasteiger partial charge in [0.05, 0.1) is 0 Å². The molecule has 2 fully saturated rings. The molecule has 12 heavy (non-hydrogen) atoms. The molecule has 0 aliphatic carbocycles. The van der Waals surface area contributed by atoms with E-state index in [9.17, 15) is 0 Å². The summed E-state index contributed by atoms with van der Waals surface area (Å²) in [5.41, 5.74) is 0. The molecule has 0 N–H and O–H groups in total. The van der Waals surface area contributed by atoms with Crippen LogP contribution in [0.3, 0.4) is 0 Å². The quantitative estimate of drug-likeness (QED) is 0.622. The summed E-state index contributed by atoms with van der Waals surface area (Å²) in [4.78, 5) is 0. The molecule has 0 unspecified atom stereocenters. The third-order valence-electron chi connectivity index (χ3n) is 1.72. The van der Waals surface area contributed by atoms with Gasteiger partial charge in [-0.1, -0.05) is 0 Å². The van der Waals surface area contributed by atoms with E-state index < -0.39 is 7.74 Å². The molecule has 0 amide bonds. The zero-order valence-corrected chi connectivity index (χ0v) is 7.92. The molecule has 0 aromatic rings. The van der Waals surface area contributed by atoms with Crippen molar-refractivity contribution in [3.63, 3.8) is 0 Å². The monoisotopic (exact) mass is 196 g/mol. The van der Waals surface area contributed by atoms with Crippen LogP contribution in [0.25, 0.3) is 0 Å². The van der Waals surface area contributed by atoms with Crippen molar-refractivity contribution < 1.29 is 22.6 Å². The van der Waals surface area contributed by atoms with Crippen LogP contribution in [0.2, 0.25) is 0 Å². The van der Waals surface area contributed by atoms with Gasteiger partial charge in [-0.25, -0.2) is 0 Å². The van der Waals surface area contributed by atoms with Gasteiger partial charge >= 0.3 is 70.3 Å². The topological polar surface area (TPSA) is 46.2 Å². The molecule has 2 rings (SSSR count). The van der Waals surface area contributed by atoms with E-state index in [-0.39, 0.29) is 0 Å². The van der Waals surface area contributed by atoms with E-state index in [4.69, 9.17) is 22.6 Å². The van der Waals surface area contributed by atoms with Gasteiger partial charge in [0.1, 0.15) is 0 Å². The molecule has 5 nitrogen and oxygen atoms in total. The molecule has 2 saturated heterocycles. The Hall–Kier alpha value is 0.230. The maximum atomic E-state index is 5.38. The Kier molecular flexibility index (Phi) is 2.11. The molecular formula is C6H13O5P. The molecule has 0 radical (unpaired) electrons. The summed E-state index contributed by atoms with van der Waals surface area (Å²) in [6, 6.07) is 0. The predicted molar refractivity (Wildman–Crippen MR) is 42.4 cm³/mol. The number of rotatable bonds is 2. The molecule has 2 aliphatic rings. The van der Waals surface area contributed by atoms with Gasteiger partial charge in [0.25, 0.3) is 0 Å². The first-order chi connectivity index (χ1) is 5.79. The summed E-state index contributed by atoms with van der Waals surface area (Å²) in [7, 11) is -3.49. The Morgan fingerprint density at radius 3 is 1.75 bits per heavy atom. The van der Waals surface area contributed by atoms with Crippen molar-refractivity contribution in [2.24, 2.45) is 0 Å². The van der Waals surface area contributed by atoms with Crippen molar-refractivity contribution in [2.75, 3.05) is 33.0 Å². The Labute approximate surface area is 71.2 Å². The molecule has 2 heterocycles. The fourth-order valence-corrected chi connectivity index (χ4v) is 3.99. The molecule has 1 spiro atoms. The van der Waals surface area contributed by atoms with Crippen molar-refractivity contribution in [3.8, 4) is 0 Å². The van der Waals surface area contributed by atoms with Gasteiger partial charge in [-0.05, 0) is 0 Å². The maximum absolute atomic E-state index is 5.38. The van der Waals surface area contributed by atoms with Crippen LogP contribution in [0.4, 0.5) is 0 Å². The SMILES string of the molecule is CCOP12(OCCO1)OCCO2. The first-order valence-electron chi connectivity index (χ1n) is 4.06.